The molecule has 94 valence electrons. The van der Waals surface area contributed by atoms with E-state index in [1.165, 1.54) is 19.3 Å². The van der Waals surface area contributed by atoms with Gasteiger partial charge in [0.2, 0.25) is 0 Å². The fourth-order valence-electron chi connectivity index (χ4n) is 3.63. The van der Waals surface area contributed by atoms with Crippen LogP contribution in [0.4, 0.5) is 0 Å². The molecule has 2 aromatic rings. The van der Waals surface area contributed by atoms with E-state index in [9.17, 15) is 5.11 Å². The van der Waals surface area contributed by atoms with Crippen molar-refractivity contribution in [3.05, 3.63) is 35.6 Å². The molecule has 18 heavy (non-hydrogen) atoms. The van der Waals surface area contributed by atoms with E-state index in [4.69, 9.17) is 4.42 Å². The fraction of sp³-hybridized carbons (Fsp3) is 0.500. The molecule has 3 atom stereocenters. The molecule has 4 rings (SSSR count). The van der Waals surface area contributed by atoms with Crippen LogP contribution in [-0.4, -0.2) is 5.11 Å². The van der Waals surface area contributed by atoms with Crippen LogP contribution in [0.15, 0.2) is 28.7 Å². The zero-order valence-corrected chi connectivity index (χ0v) is 10.6. The largest absolute Gasteiger partial charge is 0.458 e. The minimum atomic E-state index is -0.412. The molecular formula is C16H18O2. The summed E-state index contributed by atoms with van der Waals surface area (Å²) in [5, 5.41) is 11.6. The van der Waals surface area contributed by atoms with Crippen molar-refractivity contribution in [1.29, 1.82) is 0 Å². The molecule has 2 fully saturated rings. The van der Waals surface area contributed by atoms with Gasteiger partial charge in [0.15, 0.2) is 0 Å². The van der Waals surface area contributed by atoms with E-state index in [0.717, 1.165) is 34.1 Å². The van der Waals surface area contributed by atoms with Crippen molar-refractivity contribution >= 4 is 11.0 Å². The Morgan fingerprint density at radius 2 is 2.00 bits per heavy atom. The van der Waals surface area contributed by atoms with Crippen LogP contribution in [0.3, 0.4) is 0 Å². The minimum absolute atomic E-state index is 0.412. The number of benzene rings is 1. The van der Waals surface area contributed by atoms with Crippen LogP contribution >= 0.6 is 0 Å². The predicted molar refractivity (Wildman–Crippen MR) is 70.2 cm³/mol. The Labute approximate surface area is 107 Å². The second-order valence-corrected chi connectivity index (χ2v) is 6.07. The lowest BCUT2D eigenvalue weighted by Crippen LogP contribution is -2.09. The zero-order chi connectivity index (χ0) is 12.3. The number of aliphatic hydroxyl groups is 1. The first-order valence-electron chi connectivity index (χ1n) is 6.89. The number of hydrogen-bond donors (Lipinski definition) is 1. The average Bonchev–Trinajstić information content (AvgIpc) is 2.80. The molecule has 1 aromatic carbocycles. The highest BCUT2D eigenvalue weighted by atomic mass is 16.4. The maximum atomic E-state index is 10.5. The Kier molecular flexibility index (Phi) is 2.13. The molecule has 0 bridgehead atoms. The van der Waals surface area contributed by atoms with E-state index in [2.05, 4.69) is 0 Å². The van der Waals surface area contributed by atoms with Gasteiger partial charge in [0.1, 0.15) is 17.4 Å². The van der Waals surface area contributed by atoms with Gasteiger partial charge in [-0.1, -0.05) is 18.2 Å². The highest BCUT2D eigenvalue weighted by Crippen LogP contribution is 2.57. The van der Waals surface area contributed by atoms with E-state index in [0.29, 0.717) is 5.92 Å². The summed E-state index contributed by atoms with van der Waals surface area (Å²) in [4.78, 5) is 0. The molecule has 0 aliphatic heterocycles. The van der Waals surface area contributed by atoms with E-state index < -0.39 is 6.10 Å². The third kappa shape index (κ3) is 1.52. The fourth-order valence-corrected chi connectivity index (χ4v) is 3.63. The summed E-state index contributed by atoms with van der Waals surface area (Å²) in [6, 6.07) is 8.14. The van der Waals surface area contributed by atoms with Gasteiger partial charge in [-0.3, -0.25) is 0 Å². The third-order valence-electron chi connectivity index (χ3n) is 4.78. The first kappa shape index (κ1) is 10.6. The van der Waals surface area contributed by atoms with Crippen molar-refractivity contribution in [1.82, 2.24) is 0 Å². The Balaban J connectivity index is 1.67. The van der Waals surface area contributed by atoms with Crippen molar-refractivity contribution in [2.75, 3.05) is 0 Å². The maximum absolute atomic E-state index is 10.5. The van der Waals surface area contributed by atoms with Gasteiger partial charge in [-0.25, -0.2) is 0 Å². The van der Waals surface area contributed by atoms with Gasteiger partial charge in [0.05, 0.1) is 0 Å². The molecule has 0 spiro atoms. The van der Waals surface area contributed by atoms with Crippen LogP contribution in [0, 0.1) is 24.7 Å². The number of hydrogen-bond acceptors (Lipinski definition) is 2. The van der Waals surface area contributed by atoms with Gasteiger partial charge < -0.3 is 9.52 Å². The second kappa shape index (κ2) is 3.61. The van der Waals surface area contributed by atoms with Gasteiger partial charge in [-0.2, -0.15) is 0 Å². The van der Waals surface area contributed by atoms with Gasteiger partial charge >= 0.3 is 0 Å². The maximum Gasteiger partial charge on any atom is 0.137 e. The second-order valence-electron chi connectivity index (χ2n) is 6.07. The molecule has 1 aromatic heterocycles. The van der Waals surface area contributed by atoms with E-state index >= 15 is 0 Å². The molecule has 2 aliphatic rings. The van der Waals surface area contributed by atoms with Crippen LogP contribution < -0.4 is 0 Å². The number of para-hydroxylation sites is 1. The molecular weight excluding hydrogens is 224 g/mol. The van der Waals surface area contributed by atoms with Crippen molar-refractivity contribution in [2.24, 2.45) is 17.8 Å². The normalized spacial score (nSPS) is 31.6. The summed E-state index contributed by atoms with van der Waals surface area (Å²) in [6.07, 6.45) is 3.34. The van der Waals surface area contributed by atoms with E-state index in [-0.39, 0.29) is 0 Å². The number of aliphatic hydroxyl groups excluding tert-OH is 1. The summed E-state index contributed by atoms with van der Waals surface area (Å²) >= 11 is 0. The zero-order valence-electron chi connectivity index (χ0n) is 10.6. The lowest BCUT2D eigenvalue weighted by atomic mass is 9.95. The topological polar surface area (TPSA) is 33.4 Å². The Bertz CT molecular complexity index is 588. The van der Waals surface area contributed by atoms with Crippen molar-refractivity contribution in [2.45, 2.75) is 32.3 Å². The molecule has 2 heteroatoms. The highest BCUT2D eigenvalue weighted by Gasteiger charge is 2.48. The quantitative estimate of drug-likeness (QED) is 0.868. The molecule has 1 heterocycles. The monoisotopic (exact) mass is 242 g/mol. The Morgan fingerprint density at radius 3 is 2.72 bits per heavy atom. The number of aryl methyl sites for hydroxylation is 1. The molecule has 2 aliphatic carbocycles. The predicted octanol–water partition coefficient (Wildman–Crippen LogP) is 3.82. The van der Waals surface area contributed by atoms with Crippen LogP contribution in [0.25, 0.3) is 11.0 Å². The molecule has 3 unspecified atom stereocenters. The SMILES string of the molecule is Cc1cccc2cc(C(O)C3CC4CC4C3)oc12. The van der Waals surface area contributed by atoms with Crippen LogP contribution in [0.2, 0.25) is 0 Å². The highest BCUT2D eigenvalue weighted by molar-refractivity contribution is 5.80. The average molecular weight is 242 g/mol. The smallest absolute Gasteiger partial charge is 0.137 e. The van der Waals surface area contributed by atoms with E-state index in [1.54, 1.807) is 0 Å². The summed E-state index contributed by atoms with van der Waals surface area (Å²) < 4.78 is 5.87. The van der Waals surface area contributed by atoms with Crippen LogP contribution in [-0.2, 0) is 0 Å². The molecule has 2 nitrogen and oxygen atoms in total. The summed E-state index contributed by atoms with van der Waals surface area (Å²) in [6.45, 7) is 2.05. The molecule has 0 saturated heterocycles. The standard InChI is InChI=1S/C16H18O2/c1-9-3-2-4-10-8-14(18-16(9)10)15(17)13-6-11-5-12(11)7-13/h2-4,8,11-13,15,17H,5-7H2,1H3. The first-order chi connectivity index (χ1) is 8.72. The van der Waals surface area contributed by atoms with Crippen molar-refractivity contribution in [3.8, 4) is 0 Å². The third-order valence-corrected chi connectivity index (χ3v) is 4.78. The van der Waals surface area contributed by atoms with Gasteiger partial charge in [-0.15, -0.1) is 0 Å². The first-order valence-corrected chi connectivity index (χ1v) is 6.89. The van der Waals surface area contributed by atoms with Crippen molar-refractivity contribution < 1.29 is 9.52 Å². The summed E-state index contributed by atoms with van der Waals surface area (Å²) in [5.74, 6) is 2.96. The van der Waals surface area contributed by atoms with Crippen molar-refractivity contribution in [3.63, 3.8) is 0 Å². The van der Waals surface area contributed by atoms with Gasteiger partial charge in [0, 0.05) is 5.39 Å². The minimum Gasteiger partial charge on any atom is -0.458 e. The van der Waals surface area contributed by atoms with Gasteiger partial charge in [-0.05, 0) is 55.6 Å². The Morgan fingerprint density at radius 1 is 1.22 bits per heavy atom. The molecule has 1 N–H and O–H groups in total. The lowest BCUT2D eigenvalue weighted by Gasteiger charge is -2.16. The number of furan rings is 1. The summed E-state index contributed by atoms with van der Waals surface area (Å²) in [7, 11) is 0. The lowest BCUT2D eigenvalue weighted by molar-refractivity contribution is 0.0841. The van der Waals surface area contributed by atoms with E-state index in [1.807, 2.05) is 31.2 Å². The van der Waals surface area contributed by atoms with Crippen LogP contribution in [0.1, 0.15) is 36.7 Å². The van der Waals surface area contributed by atoms with Crippen LogP contribution in [0.5, 0.6) is 0 Å². The Hall–Kier alpha value is -1.28. The molecule has 2 saturated carbocycles. The molecule has 0 amide bonds. The number of rotatable bonds is 2. The number of fused-ring (bicyclic) bond motifs is 2. The molecule has 0 radical (unpaired) electrons. The summed E-state index contributed by atoms with van der Waals surface area (Å²) in [5.41, 5.74) is 2.06. The van der Waals surface area contributed by atoms with Gasteiger partial charge in [0.25, 0.3) is 0 Å².